The zero-order chi connectivity index (χ0) is 12.3. The molecule has 5 heteroatoms. The summed E-state index contributed by atoms with van der Waals surface area (Å²) in [6.45, 7) is 3.55. The number of nitrogens with zero attached hydrogens (tertiary/aromatic N) is 1. The summed E-state index contributed by atoms with van der Waals surface area (Å²) in [6.07, 6.45) is 3.33. The average molecular weight is 229 g/mol. The van der Waals surface area contributed by atoms with E-state index in [-0.39, 0.29) is 4.92 Å². The Labute approximate surface area is 95.0 Å². The number of nitro groups is 1. The fourth-order valence-electron chi connectivity index (χ4n) is 3.02. The highest BCUT2D eigenvalue weighted by Gasteiger charge is 2.51. The van der Waals surface area contributed by atoms with Crippen molar-refractivity contribution in [1.82, 2.24) is 0 Å². The van der Waals surface area contributed by atoms with Crippen molar-refractivity contribution in [3.8, 4) is 0 Å². The minimum atomic E-state index is -0.904. The Balaban J connectivity index is 3.00. The fourth-order valence-corrected chi connectivity index (χ4v) is 3.02. The highest BCUT2D eigenvalue weighted by atomic mass is 16.6. The van der Waals surface area contributed by atoms with E-state index in [9.17, 15) is 14.9 Å². The van der Waals surface area contributed by atoms with Crippen LogP contribution in [0, 0.1) is 21.4 Å². The average Bonchev–Trinajstić information content (AvgIpc) is 2.17. The molecule has 1 saturated carbocycles. The molecule has 0 bridgehead atoms. The van der Waals surface area contributed by atoms with E-state index < -0.39 is 23.3 Å². The van der Waals surface area contributed by atoms with Crippen molar-refractivity contribution >= 4 is 5.97 Å². The van der Waals surface area contributed by atoms with Crippen LogP contribution in [0.25, 0.3) is 0 Å². The summed E-state index contributed by atoms with van der Waals surface area (Å²) >= 11 is 0. The van der Waals surface area contributed by atoms with Gasteiger partial charge < -0.3 is 5.11 Å². The second-order valence-corrected chi connectivity index (χ2v) is 4.85. The number of hydrogen-bond acceptors (Lipinski definition) is 3. The van der Waals surface area contributed by atoms with Gasteiger partial charge in [0, 0.05) is 16.8 Å². The molecule has 0 radical (unpaired) electrons. The molecule has 1 aliphatic carbocycles. The SMILES string of the molecule is CC[C@H](C(=O)O)[C@]1(C)CCCC[C@H]1[N+](=O)[O-]. The van der Waals surface area contributed by atoms with Gasteiger partial charge in [-0.1, -0.05) is 20.3 Å². The quantitative estimate of drug-likeness (QED) is 0.592. The van der Waals surface area contributed by atoms with Crippen molar-refractivity contribution in [2.24, 2.45) is 11.3 Å². The molecule has 0 aliphatic heterocycles. The van der Waals surface area contributed by atoms with Gasteiger partial charge in [0.2, 0.25) is 6.04 Å². The third kappa shape index (κ3) is 2.18. The minimum Gasteiger partial charge on any atom is -0.481 e. The van der Waals surface area contributed by atoms with E-state index in [2.05, 4.69) is 0 Å². The van der Waals surface area contributed by atoms with E-state index in [1.54, 1.807) is 13.8 Å². The van der Waals surface area contributed by atoms with Crippen molar-refractivity contribution in [3.63, 3.8) is 0 Å². The van der Waals surface area contributed by atoms with E-state index in [0.29, 0.717) is 19.3 Å². The second-order valence-electron chi connectivity index (χ2n) is 4.85. The van der Waals surface area contributed by atoms with E-state index in [1.807, 2.05) is 0 Å². The van der Waals surface area contributed by atoms with Crippen molar-refractivity contribution in [1.29, 1.82) is 0 Å². The van der Waals surface area contributed by atoms with Gasteiger partial charge in [-0.05, 0) is 19.3 Å². The smallest absolute Gasteiger partial charge is 0.307 e. The molecule has 0 aromatic rings. The minimum absolute atomic E-state index is 0.287. The molecule has 0 aromatic carbocycles. The summed E-state index contributed by atoms with van der Waals surface area (Å²) in [4.78, 5) is 21.9. The molecule has 1 N–H and O–H groups in total. The Morgan fingerprint density at radius 1 is 1.62 bits per heavy atom. The summed E-state index contributed by atoms with van der Waals surface area (Å²) in [5, 5.41) is 20.2. The molecular formula is C11H19NO4. The Bertz CT molecular complexity index is 274. The first-order valence-electron chi connectivity index (χ1n) is 5.79. The maximum absolute atomic E-state index is 11.2. The van der Waals surface area contributed by atoms with Crippen LogP contribution in [-0.4, -0.2) is 22.0 Å². The standard InChI is InChI=1S/C11H19NO4/c1-3-8(10(13)14)11(2)7-5-4-6-9(11)12(15)16/h8-9H,3-7H2,1-2H3,(H,13,14)/t8-,9-,11+/m1/s1. The lowest BCUT2D eigenvalue weighted by atomic mass is 9.63. The van der Waals surface area contributed by atoms with Crippen molar-refractivity contribution in [2.45, 2.75) is 52.0 Å². The van der Waals surface area contributed by atoms with Gasteiger partial charge in [-0.25, -0.2) is 0 Å². The number of carboxylic acid groups (broad SMARTS) is 1. The first-order valence-corrected chi connectivity index (χ1v) is 5.79. The van der Waals surface area contributed by atoms with E-state index >= 15 is 0 Å². The molecular weight excluding hydrogens is 210 g/mol. The van der Waals surface area contributed by atoms with E-state index in [0.717, 1.165) is 12.8 Å². The third-order valence-corrected chi connectivity index (χ3v) is 3.96. The zero-order valence-electron chi connectivity index (χ0n) is 9.81. The van der Waals surface area contributed by atoms with Gasteiger partial charge in [-0.15, -0.1) is 0 Å². The first-order chi connectivity index (χ1) is 7.43. The predicted molar refractivity (Wildman–Crippen MR) is 58.8 cm³/mol. The van der Waals surface area contributed by atoms with E-state index in [4.69, 9.17) is 5.11 Å². The number of carboxylic acids is 1. The monoisotopic (exact) mass is 229 g/mol. The number of carbonyl (C=O) groups is 1. The summed E-state index contributed by atoms with van der Waals surface area (Å²) in [6, 6.07) is -0.706. The molecule has 1 fully saturated rings. The van der Waals surface area contributed by atoms with Crippen molar-refractivity contribution < 1.29 is 14.8 Å². The van der Waals surface area contributed by atoms with Crippen LogP contribution in [0.5, 0.6) is 0 Å². The summed E-state index contributed by atoms with van der Waals surface area (Å²) in [7, 11) is 0. The van der Waals surface area contributed by atoms with Gasteiger partial charge in [0.15, 0.2) is 0 Å². The lowest BCUT2D eigenvalue weighted by molar-refractivity contribution is -0.548. The van der Waals surface area contributed by atoms with Gasteiger partial charge in [0.25, 0.3) is 0 Å². The molecule has 16 heavy (non-hydrogen) atoms. The van der Waals surface area contributed by atoms with Gasteiger partial charge >= 0.3 is 5.97 Å². The second kappa shape index (κ2) is 4.80. The molecule has 5 nitrogen and oxygen atoms in total. The predicted octanol–water partition coefficient (Wildman–Crippen LogP) is 2.32. The highest BCUT2D eigenvalue weighted by Crippen LogP contribution is 2.45. The van der Waals surface area contributed by atoms with Gasteiger partial charge in [0.05, 0.1) is 5.92 Å². The van der Waals surface area contributed by atoms with Gasteiger partial charge in [-0.3, -0.25) is 14.9 Å². The van der Waals surface area contributed by atoms with Gasteiger partial charge in [-0.2, -0.15) is 0 Å². The number of hydrogen-bond donors (Lipinski definition) is 1. The molecule has 0 heterocycles. The Kier molecular flexibility index (Phi) is 3.88. The molecule has 0 spiro atoms. The van der Waals surface area contributed by atoms with E-state index in [1.165, 1.54) is 0 Å². The van der Waals surface area contributed by atoms with Gasteiger partial charge in [0.1, 0.15) is 0 Å². The number of rotatable bonds is 4. The van der Waals surface area contributed by atoms with Crippen LogP contribution in [0.4, 0.5) is 0 Å². The first kappa shape index (κ1) is 12.9. The molecule has 0 aromatic heterocycles. The lowest BCUT2D eigenvalue weighted by Crippen LogP contribution is -2.48. The van der Waals surface area contributed by atoms with Crippen LogP contribution >= 0.6 is 0 Å². The maximum atomic E-state index is 11.2. The zero-order valence-corrected chi connectivity index (χ0v) is 9.81. The molecule has 0 saturated heterocycles. The highest BCUT2D eigenvalue weighted by molar-refractivity contribution is 5.71. The van der Waals surface area contributed by atoms with Crippen LogP contribution in [0.2, 0.25) is 0 Å². The molecule has 3 atom stereocenters. The molecule has 1 rings (SSSR count). The Morgan fingerprint density at radius 2 is 2.25 bits per heavy atom. The maximum Gasteiger partial charge on any atom is 0.307 e. The van der Waals surface area contributed by atoms with Crippen molar-refractivity contribution in [2.75, 3.05) is 0 Å². The summed E-state index contributed by atoms with van der Waals surface area (Å²) in [5.41, 5.74) is -0.692. The molecule has 0 amide bonds. The van der Waals surface area contributed by atoms with Crippen LogP contribution < -0.4 is 0 Å². The molecule has 0 unspecified atom stereocenters. The Hall–Kier alpha value is -1.13. The van der Waals surface area contributed by atoms with Crippen LogP contribution in [-0.2, 0) is 4.79 Å². The van der Waals surface area contributed by atoms with Crippen LogP contribution in [0.15, 0.2) is 0 Å². The van der Waals surface area contributed by atoms with Crippen LogP contribution in [0.1, 0.15) is 46.0 Å². The molecule has 1 aliphatic rings. The molecule has 92 valence electrons. The summed E-state index contributed by atoms with van der Waals surface area (Å²) in [5.74, 6) is -1.51. The normalized spacial score (nSPS) is 32.0. The largest absolute Gasteiger partial charge is 0.481 e. The topological polar surface area (TPSA) is 80.4 Å². The summed E-state index contributed by atoms with van der Waals surface area (Å²) < 4.78 is 0. The lowest BCUT2D eigenvalue weighted by Gasteiger charge is -2.39. The number of aliphatic carboxylic acids is 1. The van der Waals surface area contributed by atoms with Crippen molar-refractivity contribution in [3.05, 3.63) is 10.1 Å². The fraction of sp³-hybridized carbons (Fsp3) is 0.909. The van der Waals surface area contributed by atoms with Crippen LogP contribution in [0.3, 0.4) is 0 Å². The Morgan fingerprint density at radius 3 is 2.69 bits per heavy atom. The third-order valence-electron chi connectivity index (χ3n) is 3.96.